The smallest absolute Gasteiger partial charge is 0.248 e. The lowest BCUT2D eigenvalue weighted by atomic mass is 9.99. The predicted molar refractivity (Wildman–Crippen MR) is 126 cm³/mol. The minimum absolute atomic E-state index is 0.0748. The summed E-state index contributed by atoms with van der Waals surface area (Å²) < 4.78 is 33.8. The number of nitrogens with zero attached hydrogens (tertiary/aromatic N) is 2. The molecule has 3 rings (SSSR count). The van der Waals surface area contributed by atoms with Gasteiger partial charge in [-0.3, -0.25) is 4.79 Å². The Balaban J connectivity index is 1.88. The molecule has 1 N–H and O–H groups in total. The van der Waals surface area contributed by atoms with Crippen molar-refractivity contribution in [2.45, 2.75) is 58.8 Å². The molecule has 1 aliphatic rings. The van der Waals surface area contributed by atoms with Gasteiger partial charge in [-0.05, 0) is 69.7 Å². The molecule has 0 spiro atoms. The summed E-state index contributed by atoms with van der Waals surface area (Å²) >= 11 is 0. The number of carbonyl (C=O) groups is 1. The number of benzene rings is 1. The van der Waals surface area contributed by atoms with Crippen LogP contribution in [0.25, 0.3) is 12.2 Å². The molecule has 1 aromatic heterocycles. The summed E-state index contributed by atoms with van der Waals surface area (Å²) in [6, 6.07) is 4.18. The zero-order valence-electron chi connectivity index (χ0n) is 19.6. The molecule has 1 aromatic carbocycles. The van der Waals surface area contributed by atoms with Gasteiger partial charge in [0, 0.05) is 19.6 Å². The fourth-order valence-corrected chi connectivity index (χ4v) is 6.08. The van der Waals surface area contributed by atoms with E-state index in [2.05, 4.69) is 22.6 Å². The summed E-state index contributed by atoms with van der Waals surface area (Å²) in [7, 11) is -3.85. The highest BCUT2D eigenvalue weighted by molar-refractivity contribution is 7.89. The van der Waals surface area contributed by atoms with Gasteiger partial charge in [0.25, 0.3) is 0 Å². The Morgan fingerprint density at radius 3 is 2.56 bits per heavy atom. The third-order valence-corrected chi connectivity index (χ3v) is 7.90. The molecular formula is C24H33N3O4S. The second-order valence-corrected chi connectivity index (χ2v) is 10.5. The van der Waals surface area contributed by atoms with Crippen LogP contribution >= 0.6 is 0 Å². The molecule has 0 aliphatic carbocycles. The van der Waals surface area contributed by atoms with Crippen molar-refractivity contribution in [1.29, 1.82) is 0 Å². The molecule has 2 aromatic rings. The van der Waals surface area contributed by atoms with E-state index in [1.165, 1.54) is 9.87 Å². The Kier molecular flexibility index (Phi) is 7.56. The Bertz CT molecular complexity index is 1100. The highest BCUT2D eigenvalue weighted by Gasteiger charge is 2.36. The number of rotatable bonds is 7. The summed E-state index contributed by atoms with van der Waals surface area (Å²) in [5.41, 5.74) is 4.74. The second kappa shape index (κ2) is 10.0. The van der Waals surface area contributed by atoms with Crippen LogP contribution in [0.5, 0.6) is 0 Å². The number of nitrogens with one attached hydrogen (secondary N) is 1. The summed E-state index contributed by atoms with van der Waals surface area (Å²) in [6.45, 7) is 10.9. The molecule has 0 radical (unpaired) electrons. The van der Waals surface area contributed by atoms with Crippen molar-refractivity contribution in [3.05, 3.63) is 45.8 Å². The zero-order valence-corrected chi connectivity index (χ0v) is 20.4. The van der Waals surface area contributed by atoms with E-state index >= 15 is 0 Å². The van der Waals surface area contributed by atoms with Crippen LogP contribution in [-0.4, -0.2) is 43.4 Å². The zero-order chi connectivity index (χ0) is 23.5. The van der Waals surface area contributed by atoms with Crippen LogP contribution < -0.4 is 5.32 Å². The summed E-state index contributed by atoms with van der Waals surface area (Å²) in [5, 5.41) is 6.81. The summed E-state index contributed by atoms with van der Waals surface area (Å²) in [6.07, 6.45) is 5.72. The van der Waals surface area contributed by atoms with Crippen LogP contribution in [0.3, 0.4) is 0 Å². The van der Waals surface area contributed by atoms with E-state index in [1.54, 1.807) is 13.0 Å². The summed E-state index contributed by atoms with van der Waals surface area (Å²) in [5.74, 6) is -0.222. The van der Waals surface area contributed by atoms with E-state index in [-0.39, 0.29) is 29.0 Å². The molecule has 0 saturated carbocycles. The molecule has 0 bridgehead atoms. The van der Waals surface area contributed by atoms with Crippen molar-refractivity contribution in [2.24, 2.45) is 5.92 Å². The first-order chi connectivity index (χ1) is 15.1. The van der Waals surface area contributed by atoms with Gasteiger partial charge in [-0.15, -0.1) is 0 Å². The van der Waals surface area contributed by atoms with Gasteiger partial charge in [0.2, 0.25) is 15.9 Å². The Morgan fingerprint density at radius 2 is 1.91 bits per heavy atom. The molecule has 32 heavy (non-hydrogen) atoms. The minimum atomic E-state index is -3.85. The first-order valence-electron chi connectivity index (χ1n) is 11.1. The van der Waals surface area contributed by atoms with Crippen LogP contribution in [0, 0.1) is 33.6 Å². The highest BCUT2D eigenvalue weighted by atomic mass is 32.2. The lowest BCUT2D eigenvalue weighted by Gasteiger charge is -2.31. The van der Waals surface area contributed by atoms with Gasteiger partial charge < -0.3 is 9.84 Å². The number of hydrogen-bond donors (Lipinski definition) is 1. The van der Waals surface area contributed by atoms with E-state index in [0.29, 0.717) is 31.6 Å². The van der Waals surface area contributed by atoms with Crippen LogP contribution in [-0.2, 0) is 14.8 Å². The molecular weight excluding hydrogens is 426 g/mol. The maximum Gasteiger partial charge on any atom is 0.248 e. The lowest BCUT2D eigenvalue weighted by Crippen LogP contribution is -2.45. The van der Waals surface area contributed by atoms with Crippen LogP contribution in [0.4, 0.5) is 0 Å². The fourth-order valence-electron chi connectivity index (χ4n) is 4.31. The summed E-state index contributed by atoms with van der Waals surface area (Å²) in [4.78, 5) is 12.5. The van der Waals surface area contributed by atoms with Gasteiger partial charge in [-0.1, -0.05) is 35.9 Å². The maximum absolute atomic E-state index is 13.5. The third-order valence-electron chi connectivity index (χ3n) is 5.87. The SMILES string of the molecule is CCCNC(=O)C1CCCN(S(=O)(=O)c2c(C)noc2/C=C/c2c(C)cc(C)cc2C)C1. The van der Waals surface area contributed by atoms with Crippen molar-refractivity contribution in [1.82, 2.24) is 14.8 Å². The minimum Gasteiger partial charge on any atom is -0.356 e. The molecule has 1 amide bonds. The van der Waals surface area contributed by atoms with Crippen molar-refractivity contribution >= 4 is 28.1 Å². The number of piperidine rings is 1. The van der Waals surface area contributed by atoms with Crippen LogP contribution in [0.15, 0.2) is 21.6 Å². The van der Waals surface area contributed by atoms with E-state index in [1.807, 2.05) is 33.8 Å². The molecule has 1 unspecified atom stereocenters. The highest BCUT2D eigenvalue weighted by Crippen LogP contribution is 2.30. The van der Waals surface area contributed by atoms with Crippen molar-refractivity contribution < 1.29 is 17.7 Å². The lowest BCUT2D eigenvalue weighted by molar-refractivity contribution is -0.126. The second-order valence-electron chi connectivity index (χ2n) is 8.60. The van der Waals surface area contributed by atoms with E-state index in [4.69, 9.17) is 4.52 Å². The van der Waals surface area contributed by atoms with Crippen LogP contribution in [0.1, 0.15) is 59.9 Å². The van der Waals surface area contributed by atoms with Crippen molar-refractivity contribution in [3.8, 4) is 0 Å². The topological polar surface area (TPSA) is 92.5 Å². The predicted octanol–water partition coefficient (Wildman–Crippen LogP) is 4.01. The van der Waals surface area contributed by atoms with E-state index < -0.39 is 10.0 Å². The molecule has 174 valence electrons. The molecule has 2 heterocycles. The fraction of sp³-hybridized carbons (Fsp3) is 0.500. The average Bonchev–Trinajstić information content (AvgIpc) is 3.12. The molecule has 1 aliphatic heterocycles. The monoisotopic (exact) mass is 459 g/mol. The maximum atomic E-state index is 13.5. The first-order valence-corrected chi connectivity index (χ1v) is 12.6. The third kappa shape index (κ3) is 5.13. The average molecular weight is 460 g/mol. The van der Waals surface area contributed by atoms with E-state index in [9.17, 15) is 13.2 Å². The number of carbonyl (C=O) groups excluding carboxylic acids is 1. The molecule has 1 atom stereocenters. The number of sulfonamides is 1. The Hall–Kier alpha value is -2.45. The van der Waals surface area contributed by atoms with E-state index in [0.717, 1.165) is 23.1 Å². The Morgan fingerprint density at radius 1 is 1.22 bits per heavy atom. The molecule has 1 fully saturated rings. The normalized spacial score (nSPS) is 17.7. The van der Waals surface area contributed by atoms with Gasteiger partial charge in [0.15, 0.2) is 10.7 Å². The molecule has 7 nitrogen and oxygen atoms in total. The van der Waals surface area contributed by atoms with Gasteiger partial charge in [0.05, 0.1) is 5.92 Å². The quantitative estimate of drug-likeness (QED) is 0.675. The molecule has 1 saturated heterocycles. The molecule has 8 heteroatoms. The van der Waals surface area contributed by atoms with Gasteiger partial charge in [-0.25, -0.2) is 8.42 Å². The van der Waals surface area contributed by atoms with Gasteiger partial charge in [0.1, 0.15) is 5.69 Å². The number of aryl methyl sites for hydroxylation is 4. The number of aromatic nitrogens is 1. The standard InChI is InChI=1S/C24H33N3O4S/c1-6-11-25-24(28)20-8-7-12-27(15-20)32(29,30)23-19(5)26-31-22(23)10-9-21-17(3)13-16(2)14-18(21)4/h9-10,13-14,20H,6-8,11-12,15H2,1-5H3,(H,25,28)/b10-9+. The van der Waals surface area contributed by atoms with Crippen LogP contribution in [0.2, 0.25) is 0 Å². The van der Waals surface area contributed by atoms with Crippen molar-refractivity contribution in [3.63, 3.8) is 0 Å². The largest absolute Gasteiger partial charge is 0.356 e. The van der Waals surface area contributed by atoms with Gasteiger partial charge >= 0.3 is 0 Å². The first kappa shape index (κ1) is 24.2. The number of amides is 1. The van der Waals surface area contributed by atoms with Crippen molar-refractivity contribution in [2.75, 3.05) is 19.6 Å². The van der Waals surface area contributed by atoms with Gasteiger partial charge in [-0.2, -0.15) is 4.31 Å². The Labute approximate surface area is 190 Å². The number of hydrogen-bond acceptors (Lipinski definition) is 5.